The van der Waals surface area contributed by atoms with Gasteiger partial charge in [-0.3, -0.25) is 4.40 Å². The highest BCUT2D eigenvalue weighted by Crippen LogP contribution is 2.34. The standard InChI is InChI=1S/C22H22ClF3N2O3/c1-4-14-6-5-7-16(8-14)30-12-19(29)31-11-18-20(13(2)3)27-21-17(23)9-15(10-28(18)21)22(24,25)26/h5-10,13H,4,11-12H2,1-3H3. The summed E-state index contributed by atoms with van der Waals surface area (Å²) in [6.07, 6.45) is -2.83. The van der Waals surface area contributed by atoms with Crippen molar-refractivity contribution in [2.45, 2.75) is 45.9 Å². The molecule has 5 nitrogen and oxygen atoms in total. The van der Waals surface area contributed by atoms with E-state index in [1.165, 1.54) is 4.40 Å². The molecule has 0 unspecified atom stereocenters. The van der Waals surface area contributed by atoms with Gasteiger partial charge in [-0.2, -0.15) is 13.2 Å². The molecule has 3 rings (SSSR count). The van der Waals surface area contributed by atoms with E-state index in [0.29, 0.717) is 17.1 Å². The predicted molar refractivity (Wildman–Crippen MR) is 110 cm³/mol. The number of imidazole rings is 1. The van der Waals surface area contributed by atoms with Crippen molar-refractivity contribution in [2.75, 3.05) is 6.61 Å². The van der Waals surface area contributed by atoms with Crippen molar-refractivity contribution in [2.24, 2.45) is 0 Å². The minimum Gasteiger partial charge on any atom is -0.482 e. The first-order valence-corrected chi connectivity index (χ1v) is 10.1. The molecule has 3 aromatic rings. The number of carbonyl (C=O) groups is 1. The number of benzene rings is 1. The highest BCUT2D eigenvalue weighted by atomic mass is 35.5. The summed E-state index contributed by atoms with van der Waals surface area (Å²) < 4.78 is 51.7. The number of halogens is 4. The Morgan fingerprint density at radius 2 is 2.00 bits per heavy atom. The second-order valence-electron chi connectivity index (χ2n) is 7.32. The smallest absolute Gasteiger partial charge is 0.417 e. The van der Waals surface area contributed by atoms with Gasteiger partial charge in [-0.15, -0.1) is 0 Å². The normalized spacial score (nSPS) is 11.9. The van der Waals surface area contributed by atoms with E-state index in [4.69, 9.17) is 21.1 Å². The Morgan fingerprint density at radius 3 is 2.65 bits per heavy atom. The second kappa shape index (κ2) is 9.18. The molecular weight excluding hydrogens is 433 g/mol. The van der Waals surface area contributed by atoms with Crippen LogP contribution in [-0.4, -0.2) is 22.0 Å². The molecule has 166 valence electrons. The minimum absolute atomic E-state index is 0.118. The van der Waals surface area contributed by atoms with Crippen LogP contribution in [0.2, 0.25) is 5.02 Å². The first kappa shape index (κ1) is 22.9. The van der Waals surface area contributed by atoms with Gasteiger partial charge >= 0.3 is 12.1 Å². The fourth-order valence-electron chi connectivity index (χ4n) is 3.12. The largest absolute Gasteiger partial charge is 0.482 e. The van der Waals surface area contributed by atoms with E-state index in [1.807, 2.05) is 39.0 Å². The number of pyridine rings is 1. The van der Waals surface area contributed by atoms with Crippen LogP contribution in [0.3, 0.4) is 0 Å². The van der Waals surface area contributed by atoms with Crippen LogP contribution < -0.4 is 4.74 Å². The van der Waals surface area contributed by atoms with Gasteiger partial charge in [-0.1, -0.05) is 44.5 Å². The maximum atomic E-state index is 13.2. The van der Waals surface area contributed by atoms with Gasteiger partial charge in [-0.25, -0.2) is 9.78 Å². The molecular formula is C22H22ClF3N2O3. The highest BCUT2D eigenvalue weighted by molar-refractivity contribution is 6.33. The summed E-state index contributed by atoms with van der Waals surface area (Å²) in [6, 6.07) is 8.17. The third-order valence-electron chi connectivity index (χ3n) is 4.71. The van der Waals surface area contributed by atoms with Crippen LogP contribution in [0.5, 0.6) is 5.75 Å². The number of nitrogens with zero attached hydrogens (tertiary/aromatic N) is 2. The number of fused-ring (bicyclic) bond motifs is 1. The lowest BCUT2D eigenvalue weighted by Gasteiger charge is -2.12. The third kappa shape index (κ3) is 5.31. The molecule has 0 radical (unpaired) electrons. The monoisotopic (exact) mass is 454 g/mol. The van der Waals surface area contributed by atoms with Crippen molar-refractivity contribution in [3.8, 4) is 5.75 Å². The van der Waals surface area contributed by atoms with Crippen molar-refractivity contribution < 1.29 is 27.4 Å². The molecule has 9 heteroatoms. The average Bonchev–Trinajstić information content (AvgIpc) is 3.09. The maximum Gasteiger partial charge on any atom is 0.417 e. The fraction of sp³-hybridized carbons (Fsp3) is 0.364. The predicted octanol–water partition coefficient (Wildman–Crippen LogP) is 5.81. The molecule has 0 atom stereocenters. The SMILES string of the molecule is CCc1cccc(OCC(=O)OCc2c(C(C)C)nc3c(Cl)cc(C(F)(F)F)cn23)c1. The van der Waals surface area contributed by atoms with Crippen LogP contribution in [0, 0.1) is 0 Å². The van der Waals surface area contributed by atoms with E-state index in [-0.39, 0.29) is 29.8 Å². The van der Waals surface area contributed by atoms with Crippen LogP contribution in [-0.2, 0) is 28.7 Å². The molecule has 0 saturated heterocycles. The zero-order valence-corrected chi connectivity index (χ0v) is 18.0. The Balaban J connectivity index is 1.80. The van der Waals surface area contributed by atoms with Gasteiger partial charge in [-0.05, 0) is 36.1 Å². The lowest BCUT2D eigenvalue weighted by molar-refractivity contribution is -0.147. The maximum absolute atomic E-state index is 13.2. The molecule has 0 aliphatic carbocycles. The number of aryl methyl sites for hydroxylation is 1. The Kier molecular flexibility index (Phi) is 6.79. The summed E-state index contributed by atoms with van der Waals surface area (Å²) in [5.74, 6) is -0.229. The minimum atomic E-state index is -4.57. The molecule has 0 amide bonds. The van der Waals surface area contributed by atoms with Crippen molar-refractivity contribution >= 4 is 23.2 Å². The van der Waals surface area contributed by atoms with Gasteiger partial charge in [0.05, 0.1) is 22.0 Å². The quantitative estimate of drug-likeness (QED) is 0.422. The Labute approximate surface area is 182 Å². The number of carbonyl (C=O) groups excluding carboxylic acids is 1. The molecule has 0 spiro atoms. The number of hydrogen-bond donors (Lipinski definition) is 0. The van der Waals surface area contributed by atoms with E-state index in [0.717, 1.165) is 24.2 Å². The van der Waals surface area contributed by atoms with E-state index in [2.05, 4.69) is 4.98 Å². The zero-order valence-electron chi connectivity index (χ0n) is 17.3. The summed E-state index contributed by atoms with van der Waals surface area (Å²) in [5.41, 5.74) is 1.17. The van der Waals surface area contributed by atoms with Crippen LogP contribution >= 0.6 is 11.6 Å². The Morgan fingerprint density at radius 1 is 1.26 bits per heavy atom. The average molecular weight is 455 g/mol. The zero-order chi connectivity index (χ0) is 22.8. The summed E-state index contributed by atoms with van der Waals surface area (Å²) in [6.45, 7) is 5.11. The molecule has 1 aromatic carbocycles. The summed E-state index contributed by atoms with van der Waals surface area (Å²) in [7, 11) is 0. The number of esters is 1. The molecule has 0 aliphatic heterocycles. The summed E-state index contributed by atoms with van der Waals surface area (Å²) >= 11 is 6.05. The first-order chi connectivity index (χ1) is 14.6. The number of alkyl halides is 3. The molecule has 0 fully saturated rings. The lowest BCUT2D eigenvalue weighted by atomic mass is 10.1. The fourth-order valence-corrected chi connectivity index (χ4v) is 3.37. The van der Waals surface area contributed by atoms with Crippen molar-refractivity contribution in [1.82, 2.24) is 9.38 Å². The number of ether oxygens (including phenoxy) is 2. The van der Waals surface area contributed by atoms with Crippen molar-refractivity contribution in [3.63, 3.8) is 0 Å². The molecule has 0 N–H and O–H groups in total. The molecule has 2 aromatic heterocycles. The van der Waals surface area contributed by atoms with Gasteiger partial charge in [0.2, 0.25) is 0 Å². The van der Waals surface area contributed by atoms with Crippen molar-refractivity contribution in [3.05, 3.63) is 64.1 Å². The molecule has 2 heterocycles. The molecule has 31 heavy (non-hydrogen) atoms. The summed E-state index contributed by atoms with van der Waals surface area (Å²) in [4.78, 5) is 16.6. The lowest BCUT2D eigenvalue weighted by Crippen LogP contribution is -2.16. The van der Waals surface area contributed by atoms with Gasteiger partial charge < -0.3 is 9.47 Å². The Bertz CT molecular complexity index is 1090. The van der Waals surface area contributed by atoms with E-state index in [1.54, 1.807) is 6.07 Å². The summed E-state index contributed by atoms with van der Waals surface area (Å²) in [5, 5.41) is -0.131. The first-order valence-electron chi connectivity index (χ1n) is 9.75. The molecule has 0 aliphatic rings. The number of aromatic nitrogens is 2. The van der Waals surface area contributed by atoms with E-state index in [9.17, 15) is 18.0 Å². The molecule has 0 saturated carbocycles. The van der Waals surface area contributed by atoms with Gasteiger partial charge in [0.15, 0.2) is 12.3 Å². The van der Waals surface area contributed by atoms with E-state index >= 15 is 0 Å². The van der Waals surface area contributed by atoms with Gasteiger partial charge in [0.25, 0.3) is 0 Å². The highest BCUT2D eigenvalue weighted by Gasteiger charge is 2.32. The van der Waals surface area contributed by atoms with Gasteiger partial charge in [0, 0.05) is 6.20 Å². The molecule has 0 bridgehead atoms. The van der Waals surface area contributed by atoms with E-state index < -0.39 is 17.7 Å². The third-order valence-corrected chi connectivity index (χ3v) is 4.99. The van der Waals surface area contributed by atoms with Crippen LogP contribution in [0.15, 0.2) is 36.5 Å². The van der Waals surface area contributed by atoms with Crippen LogP contribution in [0.25, 0.3) is 5.65 Å². The second-order valence-corrected chi connectivity index (χ2v) is 7.72. The Hall–Kier alpha value is -2.74. The van der Waals surface area contributed by atoms with Crippen LogP contribution in [0.4, 0.5) is 13.2 Å². The number of hydrogen-bond acceptors (Lipinski definition) is 4. The van der Waals surface area contributed by atoms with Crippen molar-refractivity contribution in [1.29, 1.82) is 0 Å². The number of rotatable bonds is 7. The topological polar surface area (TPSA) is 52.8 Å². The van der Waals surface area contributed by atoms with Gasteiger partial charge in [0.1, 0.15) is 12.4 Å². The van der Waals surface area contributed by atoms with Crippen LogP contribution in [0.1, 0.15) is 49.2 Å².